The second-order valence-electron chi connectivity index (χ2n) is 3.68. The van der Waals surface area contributed by atoms with Crippen LogP contribution in [-0.2, 0) is 13.2 Å². The molecule has 2 heterocycles. The third kappa shape index (κ3) is 1.83. The molecule has 2 aromatic rings. The topological polar surface area (TPSA) is 77.0 Å². The van der Waals surface area contributed by atoms with Crippen molar-refractivity contribution < 1.29 is 9.52 Å². The Labute approximate surface area is 92.9 Å². The zero-order valence-electron chi connectivity index (χ0n) is 9.56. The highest BCUT2D eigenvalue weighted by Gasteiger charge is 2.12. The molecular formula is C10H14N4O2. The van der Waals surface area contributed by atoms with Gasteiger partial charge in [-0.15, -0.1) is 10.2 Å². The van der Waals surface area contributed by atoms with Crippen LogP contribution in [0.1, 0.15) is 28.7 Å². The minimum Gasteiger partial charge on any atom is -0.424 e. The Morgan fingerprint density at radius 3 is 2.50 bits per heavy atom. The van der Waals surface area contributed by atoms with E-state index >= 15 is 0 Å². The fraction of sp³-hybridized carbons (Fsp3) is 0.500. The standard InChI is InChI=1S/C10H14N4O2/c1-6-9(5-15)7(2)14(13-6)4-10-12-11-8(3)16-10/h15H,4-5H2,1-3H3. The molecule has 0 amide bonds. The molecule has 0 aliphatic carbocycles. The monoisotopic (exact) mass is 222 g/mol. The van der Waals surface area contributed by atoms with Gasteiger partial charge in [-0.3, -0.25) is 4.68 Å². The van der Waals surface area contributed by atoms with Crippen LogP contribution in [0, 0.1) is 20.8 Å². The van der Waals surface area contributed by atoms with E-state index in [1.165, 1.54) is 0 Å². The highest BCUT2D eigenvalue weighted by Crippen LogP contribution is 2.14. The van der Waals surface area contributed by atoms with Gasteiger partial charge in [0.15, 0.2) is 0 Å². The van der Waals surface area contributed by atoms with Crippen molar-refractivity contribution in [1.29, 1.82) is 0 Å². The molecule has 0 spiro atoms. The summed E-state index contributed by atoms with van der Waals surface area (Å²) in [6, 6.07) is 0. The Bertz CT molecular complexity index is 501. The molecule has 0 fully saturated rings. The van der Waals surface area contributed by atoms with Gasteiger partial charge in [0.25, 0.3) is 0 Å². The van der Waals surface area contributed by atoms with Gasteiger partial charge in [-0.25, -0.2) is 0 Å². The second-order valence-corrected chi connectivity index (χ2v) is 3.68. The maximum absolute atomic E-state index is 9.18. The van der Waals surface area contributed by atoms with Gasteiger partial charge in [0.05, 0.1) is 12.3 Å². The number of aromatic nitrogens is 4. The van der Waals surface area contributed by atoms with Gasteiger partial charge in [0.1, 0.15) is 6.54 Å². The molecule has 0 atom stereocenters. The summed E-state index contributed by atoms with van der Waals surface area (Å²) in [5, 5.41) is 21.2. The lowest BCUT2D eigenvalue weighted by atomic mass is 10.2. The molecule has 6 nitrogen and oxygen atoms in total. The molecule has 2 rings (SSSR count). The number of hydrogen-bond acceptors (Lipinski definition) is 5. The van der Waals surface area contributed by atoms with Crippen molar-refractivity contribution in [2.45, 2.75) is 33.9 Å². The zero-order chi connectivity index (χ0) is 11.7. The van der Waals surface area contributed by atoms with E-state index in [1.807, 2.05) is 13.8 Å². The van der Waals surface area contributed by atoms with E-state index in [-0.39, 0.29) is 6.61 Å². The van der Waals surface area contributed by atoms with E-state index < -0.39 is 0 Å². The average molecular weight is 222 g/mol. The quantitative estimate of drug-likeness (QED) is 0.828. The molecule has 0 radical (unpaired) electrons. The Hall–Kier alpha value is -1.69. The van der Waals surface area contributed by atoms with Crippen LogP contribution in [-0.4, -0.2) is 25.1 Å². The molecule has 1 N–H and O–H groups in total. The summed E-state index contributed by atoms with van der Waals surface area (Å²) in [7, 11) is 0. The van der Waals surface area contributed by atoms with E-state index in [0.29, 0.717) is 18.3 Å². The lowest BCUT2D eigenvalue weighted by molar-refractivity contribution is 0.280. The van der Waals surface area contributed by atoms with Crippen molar-refractivity contribution in [3.8, 4) is 0 Å². The van der Waals surface area contributed by atoms with Crippen molar-refractivity contribution in [1.82, 2.24) is 20.0 Å². The van der Waals surface area contributed by atoms with E-state index in [1.54, 1.807) is 11.6 Å². The third-order valence-corrected chi connectivity index (χ3v) is 2.54. The third-order valence-electron chi connectivity index (χ3n) is 2.54. The molecule has 0 saturated heterocycles. The summed E-state index contributed by atoms with van der Waals surface area (Å²) in [5.74, 6) is 1.06. The first-order chi connectivity index (χ1) is 7.61. The summed E-state index contributed by atoms with van der Waals surface area (Å²) >= 11 is 0. The first-order valence-electron chi connectivity index (χ1n) is 5.04. The van der Waals surface area contributed by atoms with E-state index in [2.05, 4.69) is 15.3 Å². The van der Waals surface area contributed by atoms with Gasteiger partial charge in [-0.1, -0.05) is 0 Å². The summed E-state index contributed by atoms with van der Waals surface area (Å²) in [6.07, 6.45) is 0. The van der Waals surface area contributed by atoms with Crippen LogP contribution in [0.15, 0.2) is 4.42 Å². The van der Waals surface area contributed by atoms with Crippen LogP contribution < -0.4 is 0 Å². The number of aliphatic hydroxyl groups is 1. The normalized spacial score (nSPS) is 11.0. The molecule has 0 aromatic carbocycles. The molecule has 6 heteroatoms. The molecule has 16 heavy (non-hydrogen) atoms. The molecule has 2 aromatic heterocycles. The van der Waals surface area contributed by atoms with Gasteiger partial charge in [-0.2, -0.15) is 5.10 Å². The molecule has 0 aliphatic rings. The molecular weight excluding hydrogens is 208 g/mol. The maximum Gasteiger partial charge on any atom is 0.237 e. The Morgan fingerprint density at radius 1 is 1.25 bits per heavy atom. The Kier molecular flexibility index (Phi) is 2.74. The Balaban J connectivity index is 2.28. The second kappa shape index (κ2) is 4.05. The van der Waals surface area contributed by atoms with Crippen molar-refractivity contribution >= 4 is 0 Å². The van der Waals surface area contributed by atoms with Crippen molar-refractivity contribution in [3.63, 3.8) is 0 Å². The number of hydrogen-bond donors (Lipinski definition) is 1. The van der Waals surface area contributed by atoms with Gasteiger partial charge in [0.2, 0.25) is 11.8 Å². The lowest BCUT2D eigenvalue weighted by Crippen LogP contribution is -2.04. The van der Waals surface area contributed by atoms with Crippen LogP contribution >= 0.6 is 0 Å². The summed E-state index contributed by atoms with van der Waals surface area (Å²) in [4.78, 5) is 0. The fourth-order valence-electron chi connectivity index (χ4n) is 1.65. The molecule has 0 bridgehead atoms. The average Bonchev–Trinajstić information content (AvgIpc) is 2.74. The summed E-state index contributed by atoms with van der Waals surface area (Å²) < 4.78 is 7.04. The summed E-state index contributed by atoms with van der Waals surface area (Å²) in [6.45, 7) is 5.97. The van der Waals surface area contributed by atoms with Gasteiger partial charge < -0.3 is 9.52 Å². The smallest absolute Gasteiger partial charge is 0.237 e. The number of rotatable bonds is 3. The maximum atomic E-state index is 9.18. The minimum atomic E-state index is 0.000524. The first kappa shape index (κ1) is 10.8. The van der Waals surface area contributed by atoms with E-state index in [4.69, 9.17) is 4.42 Å². The van der Waals surface area contributed by atoms with Crippen molar-refractivity contribution in [2.24, 2.45) is 0 Å². The van der Waals surface area contributed by atoms with E-state index in [9.17, 15) is 5.11 Å². The van der Waals surface area contributed by atoms with Crippen LogP contribution in [0.5, 0.6) is 0 Å². The van der Waals surface area contributed by atoms with E-state index in [0.717, 1.165) is 17.0 Å². The highest BCUT2D eigenvalue weighted by atomic mass is 16.4. The van der Waals surface area contributed by atoms with Crippen LogP contribution in [0.2, 0.25) is 0 Å². The van der Waals surface area contributed by atoms with Crippen molar-refractivity contribution in [2.75, 3.05) is 0 Å². The molecule has 0 aliphatic heterocycles. The summed E-state index contributed by atoms with van der Waals surface area (Å²) in [5.41, 5.74) is 2.61. The predicted molar refractivity (Wildman–Crippen MR) is 55.8 cm³/mol. The highest BCUT2D eigenvalue weighted by molar-refractivity contribution is 5.23. The number of aryl methyl sites for hydroxylation is 2. The lowest BCUT2D eigenvalue weighted by Gasteiger charge is -2.00. The minimum absolute atomic E-state index is 0.000524. The predicted octanol–water partition coefficient (Wildman–Crippen LogP) is 0.732. The van der Waals surface area contributed by atoms with Gasteiger partial charge >= 0.3 is 0 Å². The molecule has 86 valence electrons. The zero-order valence-corrected chi connectivity index (χ0v) is 9.56. The first-order valence-corrected chi connectivity index (χ1v) is 5.04. The fourth-order valence-corrected chi connectivity index (χ4v) is 1.65. The largest absolute Gasteiger partial charge is 0.424 e. The number of aliphatic hydroxyl groups excluding tert-OH is 1. The Morgan fingerprint density at radius 2 is 2.00 bits per heavy atom. The molecule has 0 saturated carbocycles. The van der Waals surface area contributed by atoms with Crippen LogP contribution in [0.25, 0.3) is 0 Å². The van der Waals surface area contributed by atoms with Crippen LogP contribution in [0.3, 0.4) is 0 Å². The van der Waals surface area contributed by atoms with Crippen LogP contribution in [0.4, 0.5) is 0 Å². The molecule has 0 unspecified atom stereocenters. The van der Waals surface area contributed by atoms with Gasteiger partial charge in [0, 0.05) is 18.2 Å². The SMILES string of the molecule is Cc1nnc(Cn2nc(C)c(CO)c2C)o1. The number of nitrogens with zero attached hydrogens (tertiary/aromatic N) is 4. The van der Waals surface area contributed by atoms with Gasteiger partial charge in [-0.05, 0) is 13.8 Å². The van der Waals surface area contributed by atoms with Crippen molar-refractivity contribution in [3.05, 3.63) is 28.7 Å².